The van der Waals surface area contributed by atoms with E-state index in [2.05, 4.69) is 24.4 Å². The molecule has 1 N–H and O–H groups in total. The largest absolute Gasteiger partial charge is 0.336 e. The van der Waals surface area contributed by atoms with E-state index in [0.717, 1.165) is 43.4 Å². The van der Waals surface area contributed by atoms with Gasteiger partial charge in [-0.3, -0.25) is 4.79 Å². The molecule has 0 atom stereocenters. The molecule has 0 aliphatic carbocycles. The van der Waals surface area contributed by atoms with E-state index in [9.17, 15) is 4.79 Å². The zero-order chi connectivity index (χ0) is 14.7. The van der Waals surface area contributed by atoms with E-state index in [0.29, 0.717) is 6.04 Å². The van der Waals surface area contributed by atoms with Crippen molar-refractivity contribution in [2.75, 3.05) is 19.6 Å². The fourth-order valence-electron chi connectivity index (χ4n) is 3.17. The van der Waals surface area contributed by atoms with Crippen LogP contribution in [0.15, 0.2) is 42.5 Å². The number of hydrogen-bond acceptors (Lipinski definition) is 2. The summed E-state index contributed by atoms with van der Waals surface area (Å²) in [5, 5.41) is 5.67. The molecule has 1 heterocycles. The van der Waals surface area contributed by atoms with Crippen molar-refractivity contribution in [1.82, 2.24) is 10.2 Å². The van der Waals surface area contributed by atoms with Gasteiger partial charge in [0, 0.05) is 18.2 Å². The van der Waals surface area contributed by atoms with Crippen molar-refractivity contribution >= 4 is 16.7 Å². The summed E-state index contributed by atoms with van der Waals surface area (Å²) in [6, 6.07) is 14.6. The predicted octanol–water partition coefficient (Wildman–Crippen LogP) is 3.05. The van der Waals surface area contributed by atoms with Gasteiger partial charge in [0.25, 0.3) is 5.91 Å². The average Bonchev–Trinajstić information content (AvgIpc) is 2.56. The molecule has 3 rings (SSSR count). The van der Waals surface area contributed by atoms with E-state index in [1.54, 1.807) is 0 Å². The first-order valence-electron chi connectivity index (χ1n) is 7.80. The van der Waals surface area contributed by atoms with Crippen LogP contribution < -0.4 is 5.32 Å². The van der Waals surface area contributed by atoms with Crippen molar-refractivity contribution in [2.24, 2.45) is 0 Å². The van der Waals surface area contributed by atoms with Gasteiger partial charge in [0.1, 0.15) is 0 Å². The Morgan fingerprint density at radius 3 is 2.57 bits per heavy atom. The zero-order valence-electron chi connectivity index (χ0n) is 12.5. The lowest BCUT2D eigenvalue weighted by atomic mass is 10.0. The normalized spacial score (nSPS) is 16.0. The Morgan fingerprint density at radius 1 is 1.14 bits per heavy atom. The van der Waals surface area contributed by atoms with Crippen molar-refractivity contribution < 1.29 is 4.79 Å². The standard InChI is InChI=1S/C18H22N2O/c1-2-20(17-9-11-19-12-10-17)18(21)16-8-7-14-5-3-4-6-15(14)13-16/h3-8,13,17,19H,2,9-12H2,1H3. The second kappa shape index (κ2) is 6.27. The fraction of sp³-hybridized carbons (Fsp3) is 0.389. The van der Waals surface area contributed by atoms with Crippen molar-refractivity contribution in [3.63, 3.8) is 0 Å². The minimum Gasteiger partial charge on any atom is -0.336 e. The van der Waals surface area contributed by atoms with Crippen LogP contribution in [0.4, 0.5) is 0 Å². The molecule has 3 nitrogen and oxygen atoms in total. The maximum absolute atomic E-state index is 12.8. The number of nitrogens with one attached hydrogen (secondary N) is 1. The second-order valence-electron chi connectivity index (χ2n) is 5.63. The smallest absolute Gasteiger partial charge is 0.254 e. The summed E-state index contributed by atoms with van der Waals surface area (Å²) < 4.78 is 0. The number of hydrogen-bond donors (Lipinski definition) is 1. The number of carbonyl (C=O) groups excluding carboxylic acids is 1. The lowest BCUT2D eigenvalue weighted by molar-refractivity contribution is 0.0656. The van der Waals surface area contributed by atoms with Crippen molar-refractivity contribution in [2.45, 2.75) is 25.8 Å². The molecule has 0 unspecified atom stereocenters. The molecule has 1 saturated heterocycles. The molecular weight excluding hydrogens is 260 g/mol. The Morgan fingerprint density at radius 2 is 1.86 bits per heavy atom. The summed E-state index contributed by atoms with van der Waals surface area (Å²) in [6.45, 7) is 4.86. The average molecular weight is 282 g/mol. The second-order valence-corrected chi connectivity index (χ2v) is 5.63. The number of fused-ring (bicyclic) bond motifs is 1. The molecule has 110 valence electrons. The van der Waals surface area contributed by atoms with Gasteiger partial charge < -0.3 is 10.2 Å². The number of carbonyl (C=O) groups is 1. The van der Waals surface area contributed by atoms with Gasteiger partial charge >= 0.3 is 0 Å². The lowest BCUT2D eigenvalue weighted by Crippen LogP contribution is -2.46. The highest BCUT2D eigenvalue weighted by atomic mass is 16.2. The maximum Gasteiger partial charge on any atom is 0.254 e. The Bertz CT molecular complexity index is 632. The van der Waals surface area contributed by atoms with Gasteiger partial charge in [-0.1, -0.05) is 30.3 Å². The third kappa shape index (κ3) is 2.93. The van der Waals surface area contributed by atoms with Crippen LogP contribution in [-0.2, 0) is 0 Å². The number of piperidine rings is 1. The first kappa shape index (κ1) is 14.1. The summed E-state index contributed by atoms with van der Waals surface area (Å²) in [4.78, 5) is 14.9. The fourth-order valence-corrected chi connectivity index (χ4v) is 3.17. The topological polar surface area (TPSA) is 32.3 Å². The van der Waals surface area contributed by atoms with Gasteiger partial charge in [-0.2, -0.15) is 0 Å². The van der Waals surface area contributed by atoms with E-state index in [4.69, 9.17) is 0 Å². The number of nitrogens with zero attached hydrogens (tertiary/aromatic N) is 1. The molecule has 21 heavy (non-hydrogen) atoms. The molecule has 0 saturated carbocycles. The van der Waals surface area contributed by atoms with Crippen LogP contribution in [-0.4, -0.2) is 36.5 Å². The minimum atomic E-state index is 0.162. The van der Waals surface area contributed by atoms with Crippen molar-refractivity contribution in [1.29, 1.82) is 0 Å². The zero-order valence-corrected chi connectivity index (χ0v) is 12.5. The third-order valence-electron chi connectivity index (χ3n) is 4.35. The monoisotopic (exact) mass is 282 g/mol. The predicted molar refractivity (Wildman–Crippen MR) is 86.6 cm³/mol. The molecule has 1 aliphatic heterocycles. The maximum atomic E-state index is 12.8. The number of amides is 1. The molecular formula is C18H22N2O. The lowest BCUT2D eigenvalue weighted by Gasteiger charge is -2.34. The number of benzene rings is 2. The van der Waals surface area contributed by atoms with Crippen molar-refractivity contribution in [3.05, 3.63) is 48.0 Å². The molecule has 2 aromatic rings. The van der Waals surface area contributed by atoms with E-state index < -0.39 is 0 Å². The van der Waals surface area contributed by atoms with Gasteiger partial charge in [0.2, 0.25) is 0 Å². The first-order chi connectivity index (χ1) is 10.3. The van der Waals surface area contributed by atoms with Crippen LogP contribution >= 0.6 is 0 Å². The Hall–Kier alpha value is -1.87. The summed E-state index contributed by atoms with van der Waals surface area (Å²) in [7, 11) is 0. The van der Waals surface area contributed by atoms with E-state index >= 15 is 0 Å². The van der Waals surface area contributed by atoms with Crippen molar-refractivity contribution in [3.8, 4) is 0 Å². The van der Waals surface area contributed by atoms with E-state index in [1.165, 1.54) is 5.39 Å². The van der Waals surface area contributed by atoms with Crippen LogP contribution in [0, 0.1) is 0 Å². The molecule has 0 aromatic heterocycles. The van der Waals surface area contributed by atoms with Crippen LogP contribution in [0.1, 0.15) is 30.1 Å². The highest BCUT2D eigenvalue weighted by Gasteiger charge is 2.24. The van der Waals surface area contributed by atoms with Gasteiger partial charge in [0.05, 0.1) is 0 Å². The van der Waals surface area contributed by atoms with E-state index in [1.807, 2.05) is 35.2 Å². The SMILES string of the molecule is CCN(C(=O)c1ccc2ccccc2c1)C1CCNCC1. The first-order valence-corrected chi connectivity index (χ1v) is 7.80. The van der Waals surface area contributed by atoms with E-state index in [-0.39, 0.29) is 5.91 Å². The Labute approximate surface area is 125 Å². The van der Waals surface area contributed by atoms with Gasteiger partial charge in [-0.25, -0.2) is 0 Å². The molecule has 1 fully saturated rings. The summed E-state index contributed by atoms with van der Waals surface area (Å²) in [5.74, 6) is 0.162. The van der Waals surface area contributed by atoms with Crippen LogP contribution in [0.25, 0.3) is 10.8 Å². The number of rotatable bonds is 3. The molecule has 0 bridgehead atoms. The Kier molecular flexibility index (Phi) is 4.20. The Balaban J connectivity index is 1.86. The third-order valence-corrected chi connectivity index (χ3v) is 4.35. The molecule has 3 heteroatoms. The van der Waals surface area contributed by atoms with Crippen LogP contribution in [0.5, 0.6) is 0 Å². The van der Waals surface area contributed by atoms with Gasteiger partial charge in [-0.05, 0) is 55.8 Å². The quantitative estimate of drug-likeness (QED) is 0.938. The van der Waals surface area contributed by atoms with Crippen LogP contribution in [0.2, 0.25) is 0 Å². The summed E-state index contributed by atoms with van der Waals surface area (Å²) in [5.41, 5.74) is 0.800. The van der Waals surface area contributed by atoms with Gasteiger partial charge in [-0.15, -0.1) is 0 Å². The molecule has 1 aliphatic rings. The molecule has 2 aromatic carbocycles. The summed E-state index contributed by atoms with van der Waals surface area (Å²) >= 11 is 0. The molecule has 0 radical (unpaired) electrons. The van der Waals surface area contributed by atoms with Gasteiger partial charge in [0.15, 0.2) is 0 Å². The molecule has 1 amide bonds. The van der Waals surface area contributed by atoms with Crippen LogP contribution in [0.3, 0.4) is 0 Å². The highest BCUT2D eigenvalue weighted by molar-refractivity contribution is 5.98. The molecule has 0 spiro atoms. The minimum absolute atomic E-state index is 0.162. The summed E-state index contributed by atoms with van der Waals surface area (Å²) in [6.07, 6.45) is 2.10. The highest BCUT2D eigenvalue weighted by Crippen LogP contribution is 2.19.